The summed E-state index contributed by atoms with van der Waals surface area (Å²) in [5.74, 6) is 1.18. The number of hydrogen-bond acceptors (Lipinski definition) is 4. The first-order chi connectivity index (χ1) is 10.9. The van der Waals surface area contributed by atoms with Gasteiger partial charge in [-0.2, -0.15) is 5.10 Å². The quantitative estimate of drug-likeness (QED) is 0.728. The summed E-state index contributed by atoms with van der Waals surface area (Å²) in [5, 5.41) is 4.41. The third-order valence-corrected chi connectivity index (χ3v) is 5.36. The van der Waals surface area contributed by atoms with Crippen LogP contribution in [0.4, 0.5) is 0 Å². The van der Waals surface area contributed by atoms with Crippen molar-refractivity contribution in [2.75, 3.05) is 13.1 Å². The van der Waals surface area contributed by atoms with E-state index in [1.165, 1.54) is 9.25 Å². The number of carbonyl (C=O) groups is 1. The predicted molar refractivity (Wildman–Crippen MR) is 83.2 cm³/mol. The van der Waals surface area contributed by atoms with Crippen LogP contribution in [-0.4, -0.2) is 38.2 Å². The molecule has 4 rings (SSSR count). The second kappa shape index (κ2) is 4.79. The Balaban J connectivity index is 1.63. The van der Waals surface area contributed by atoms with Gasteiger partial charge in [0.2, 0.25) is 5.91 Å². The molecule has 0 bridgehead atoms. The standard InChI is InChI=1S/C16H22N4O3/c1-10(2)20-15(23)14(22)19-9-16(7-12(19)17-20)5-6-18(8-16)13(21)11-3-4-11/h10-11H,3-9H2,1-2H3/t16-/m0/s1. The van der Waals surface area contributed by atoms with Crippen LogP contribution in [0.5, 0.6) is 0 Å². The van der Waals surface area contributed by atoms with Crippen molar-refractivity contribution in [1.82, 2.24) is 19.2 Å². The van der Waals surface area contributed by atoms with E-state index in [4.69, 9.17) is 0 Å². The minimum atomic E-state index is -0.551. The number of nitrogens with zero attached hydrogens (tertiary/aromatic N) is 4. The second-order valence-electron chi connectivity index (χ2n) is 7.61. The van der Waals surface area contributed by atoms with Crippen LogP contribution in [0, 0.1) is 11.3 Å². The SMILES string of the molecule is CC(C)n1nc2n(c(=O)c1=O)C[C@@]1(CCN(C(=O)C3CC3)C1)C2. The zero-order valence-corrected chi connectivity index (χ0v) is 13.6. The first-order valence-corrected chi connectivity index (χ1v) is 8.41. The summed E-state index contributed by atoms with van der Waals surface area (Å²) >= 11 is 0. The summed E-state index contributed by atoms with van der Waals surface area (Å²) in [6.07, 6.45) is 3.57. The van der Waals surface area contributed by atoms with Gasteiger partial charge in [0.15, 0.2) is 0 Å². The molecule has 1 aliphatic carbocycles. The maximum absolute atomic E-state index is 12.4. The van der Waals surface area contributed by atoms with E-state index in [-0.39, 0.29) is 23.3 Å². The van der Waals surface area contributed by atoms with Gasteiger partial charge >= 0.3 is 11.1 Å². The van der Waals surface area contributed by atoms with E-state index in [1.807, 2.05) is 18.7 Å². The summed E-state index contributed by atoms with van der Waals surface area (Å²) < 4.78 is 2.82. The molecule has 3 aliphatic rings. The topological polar surface area (TPSA) is 77.2 Å². The molecule has 7 nitrogen and oxygen atoms in total. The highest BCUT2D eigenvalue weighted by molar-refractivity contribution is 5.81. The van der Waals surface area contributed by atoms with Crippen LogP contribution in [0.1, 0.15) is 45.0 Å². The van der Waals surface area contributed by atoms with Gasteiger partial charge in [0.1, 0.15) is 5.82 Å². The Morgan fingerprint density at radius 1 is 1.22 bits per heavy atom. The molecule has 2 fully saturated rings. The van der Waals surface area contributed by atoms with Crippen molar-refractivity contribution in [2.45, 2.75) is 52.1 Å². The molecular formula is C16H22N4O3. The molecule has 0 aromatic carbocycles. The summed E-state index contributed by atoms with van der Waals surface area (Å²) in [4.78, 5) is 38.7. The molecule has 3 heterocycles. The molecule has 1 amide bonds. The van der Waals surface area contributed by atoms with E-state index in [0.29, 0.717) is 25.3 Å². The van der Waals surface area contributed by atoms with E-state index in [2.05, 4.69) is 5.10 Å². The molecule has 1 saturated carbocycles. The van der Waals surface area contributed by atoms with Crippen LogP contribution in [0.15, 0.2) is 9.59 Å². The van der Waals surface area contributed by atoms with E-state index in [1.54, 1.807) is 0 Å². The fraction of sp³-hybridized carbons (Fsp3) is 0.750. The highest BCUT2D eigenvalue weighted by Gasteiger charge is 2.47. The first-order valence-electron chi connectivity index (χ1n) is 8.41. The summed E-state index contributed by atoms with van der Waals surface area (Å²) in [7, 11) is 0. The minimum absolute atomic E-state index is 0.119. The number of amides is 1. The van der Waals surface area contributed by atoms with Crippen molar-refractivity contribution in [1.29, 1.82) is 0 Å². The molecule has 1 saturated heterocycles. The fourth-order valence-electron chi connectivity index (χ4n) is 3.91. The van der Waals surface area contributed by atoms with Crippen LogP contribution in [0.2, 0.25) is 0 Å². The third kappa shape index (κ3) is 2.24. The molecule has 0 radical (unpaired) electrons. The van der Waals surface area contributed by atoms with E-state index in [0.717, 1.165) is 25.8 Å². The van der Waals surface area contributed by atoms with Crippen LogP contribution < -0.4 is 11.1 Å². The van der Waals surface area contributed by atoms with Crippen LogP contribution in [0.3, 0.4) is 0 Å². The van der Waals surface area contributed by atoms with Crippen molar-refractivity contribution in [3.05, 3.63) is 26.5 Å². The lowest BCUT2D eigenvalue weighted by Gasteiger charge is -2.22. The zero-order chi connectivity index (χ0) is 16.4. The van der Waals surface area contributed by atoms with Gasteiger partial charge < -0.3 is 4.90 Å². The van der Waals surface area contributed by atoms with Gasteiger partial charge in [-0.25, -0.2) is 4.68 Å². The summed E-state index contributed by atoms with van der Waals surface area (Å²) in [5.41, 5.74) is -1.15. The van der Waals surface area contributed by atoms with Gasteiger partial charge in [-0.15, -0.1) is 0 Å². The van der Waals surface area contributed by atoms with E-state index >= 15 is 0 Å². The molecule has 1 atom stereocenters. The van der Waals surface area contributed by atoms with Gasteiger partial charge in [0, 0.05) is 37.4 Å². The largest absolute Gasteiger partial charge is 0.342 e. The monoisotopic (exact) mass is 318 g/mol. The molecule has 0 unspecified atom stereocenters. The highest BCUT2D eigenvalue weighted by Crippen LogP contribution is 2.41. The zero-order valence-electron chi connectivity index (χ0n) is 13.6. The molecule has 1 spiro atoms. The van der Waals surface area contributed by atoms with Crippen LogP contribution in [-0.2, 0) is 17.8 Å². The molecule has 0 N–H and O–H groups in total. The predicted octanol–water partition coefficient (Wildman–Crippen LogP) is 0.171. The molecule has 1 aromatic rings. The number of carbonyl (C=O) groups excluding carboxylic acids is 1. The number of rotatable bonds is 2. The first kappa shape index (κ1) is 14.7. The highest BCUT2D eigenvalue weighted by atomic mass is 16.2. The normalized spacial score (nSPS) is 26.3. The van der Waals surface area contributed by atoms with Crippen LogP contribution >= 0.6 is 0 Å². The fourth-order valence-corrected chi connectivity index (χ4v) is 3.91. The summed E-state index contributed by atoms with van der Waals surface area (Å²) in [6, 6.07) is -0.130. The number of likely N-dealkylation sites (tertiary alicyclic amines) is 1. The molecule has 7 heteroatoms. The Labute approximate surface area is 133 Å². The Morgan fingerprint density at radius 3 is 2.61 bits per heavy atom. The molecule has 23 heavy (non-hydrogen) atoms. The lowest BCUT2D eigenvalue weighted by Crippen LogP contribution is -2.44. The number of aromatic nitrogens is 3. The van der Waals surface area contributed by atoms with Crippen molar-refractivity contribution in [3.63, 3.8) is 0 Å². The lowest BCUT2D eigenvalue weighted by atomic mass is 9.86. The van der Waals surface area contributed by atoms with Crippen molar-refractivity contribution >= 4 is 5.91 Å². The van der Waals surface area contributed by atoms with Gasteiger partial charge in [0.05, 0.1) is 6.04 Å². The van der Waals surface area contributed by atoms with Gasteiger partial charge in [0.25, 0.3) is 0 Å². The van der Waals surface area contributed by atoms with Gasteiger partial charge in [-0.3, -0.25) is 19.0 Å². The Bertz CT molecular complexity index is 789. The molecule has 124 valence electrons. The summed E-state index contributed by atoms with van der Waals surface area (Å²) in [6.45, 7) is 5.65. The Hall–Kier alpha value is -1.92. The lowest BCUT2D eigenvalue weighted by molar-refractivity contribution is -0.131. The van der Waals surface area contributed by atoms with Crippen molar-refractivity contribution in [3.8, 4) is 0 Å². The number of hydrogen-bond donors (Lipinski definition) is 0. The molecular weight excluding hydrogens is 296 g/mol. The maximum atomic E-state index is 12.4. The molecule has 1 aromatic heterocycles. The van der Waals surface area contributed by atoms with E-state index in [9.17, 15) is 14.4 Å². The Kier molecular flexibility index (Phi) is 3.05. The minimum Gasteiger partial charge on any atom is -0.342 e. The van der Waals surface area contributed by atoms with Crippen molar-refractivity contribution in [2.24, 2.45) is 11.3 Å². The van der Waals surface area contributed by atoms with Crippen molar-refractivity contribution < 1.29 is 4.79 Å². The average Bonchev–Trinajstić information content (AvgIpc) is 3.19. The van der Waals surface area contributed by atoms with E-state index < -0.39 is 11.1 Å². The van der Waals surface area contributed by atoms with Gasteiger partial charge in [-0.05, 0) is 33.1 Å². The van der Waals surface area contributed by atoms with Gasteiger partial charge in [-0.1, -0.05) is 0 Å². The smallest absolute Gasteiger partial charge is 0.332 e. The van der Waals surface area contributed by atoms with Crippen LogP contribution in [0.25, 0.3) is 0 Å². The maximum Gasteiger partial charge on any atom is 0.332 e. The number of fused-ring (bicyclic) bond motifs is 1. The molecule has 2 aliphatic heterocycles. The second-order valence-corrected chi connectivity index (χ2v) is 7.61. The Morgan fingerprint density at radius 2 is 1.96 bits per heavy atom. The average molecular weight is 318 g/mol. The third-order valence-electron chi connectivity index (χ3n) is 5.36.